The number of nitrogens with one attached hydrogen (secondary N) is 1. The van der Waals surface area contributed by atoms with E-state index in [1.807, 2.05) is 0 Å². The summed E-state index contributed by atoms with van der Waals surface area (Å²) in [6, 6.07) is 21.1. The molecule has 1 aliphatic heterocycles. The average Bonchev–Trinajstić information content (AvgIpc) is 3.00. The van der Waals surface area contributed by atoms with E-state index in [-0.39, 0.29) is 0 Å². The molecule has 0 amide bonds. The zero-order valence-electron chi connectivity index (χ0n) is 18.1. The van der Waals surface area contributed by atoms with Gasteiger partial charge in [-0.25, -0.2) is 4.79 Å². The van der Waals surface area contributed by atoms with E-state index in [2.05, 4.69) is 81.8 Å². The summed E-state index contributed by atoms with van der Waals surface area (Å²) < 4.78 is 33.8. The standard InChI is InChI=1S/C22H26N4.C2HF3O2/c1-3-8-19(9-4-1)16-26-18-21(17-25-14-7-12-23-13-15-25)22(24-26)20-10-5-2-6-11-20;3-2(4,5)1(6)7/h1-6,8-11,18,23H,7,12-17H2;(H,6,7). The molecular weight excluding hydrogens is 433 g/mol. The van der Waals surface area contributed by atoms with Gasteiger partial charge in [0.1, 0.15) is 0 Å². The SMILES string of the molecule is O=C(O)C(F)(F)F.c1ccc(Cn2cc(CN3CCCNCC3)c(-c3ccccc3)n2)cc1. The first-order valence-corrected chi connectivity index (χ1v) is 10.7. The molecule has 2 heterocycles. The second kappa shape index (κ2) is 11.6. The molecule has 0 radical (unpaired) electrons. The number of carboxylic acid groups (broad SMARTS) is 1. The van der Waals surface area contributed by atoms with Gasteiger partial charge in [0.05, 0.1) is 12.2 Å². The van der Waals surface area contributed by atoms with Crippen LogP contribution in [0.4, 0.5) is 13.2 Å². The fourth-order valence-electron chi connectivity index (χ4n) is 3.57. The smallest absolute Gasteiger partial charge is 0.475 e. The summed E-state index contributed by atoms with van der Waals surface area (Å²) in [4.78, 5) is 11.4. The summed E-state index contributed by atoms with van der Waals surface area (Å²) in [5.41, 5.74) is 4.90. The number of carbonyl (C=O) groups is 1. The summed E-state index contributed by atoms with van der Waals surface area (Å²) in [5, 5.41) is 15.5. The Kier molecular flexibility index (Phi) is 8.62. The summed E-state index contributed by atoms with van der Waals surface area (Å²) >= 11 is 0. The highest BCUT2D eigenvalue weighted by atomic mass is 19.4. The molecule has 0 unspecified atom stereocenters. The minimum absolute atomic E-state index is 0.808. The summed E-state index contributed by atoms with van der Waals surface area (Å²) in [6.07, 6.45) is -1.65. The van der Waals surface area contributed by atoms with E-state index in [0.29, 0.717) is 0 Å². The third kappa shape index (κ3) is 7.73. The maximum Gasteiger partial charge on any atom is 0.490 e. The van der Waals surface area contributed by atoms with Gasteiger partial charge in [0.25, 0.3) is 0 Å². The Morgan fingerprint density at radius 3 is 2.24 bits per heavy atom. The van der Waals surface area contributed by atoms with Gasteiger partial charge in [0, 0.05) is 37.0 Å². The predicted octanol–water partition coefficient (Wildman–Crippen LogP) is 4.03. The van der Waals surface area contributed by atoms with Crippen LogP contribution in [0.5, 0.6) is 0 Å². The van der Waals surface area contributed by atoms with Crippen LogP contribution in [0, 0.1) is 0 Å². The van der Waals surface area contributed by atoms with E-state index in [1.54, 1.807) is 0 Å². The zero-order valence-corrected chi connectivity index (χ0v) is 18.1. The monoisotopic (exact) mass is 460 g/mol. The molecule has 4 rings (SSSR count). The van der Waals surface area contributed by atoms with E-state index in [9.17, 15) is 13.2 Å². The Morgan fingerprint density at radius 1 is 0.970 bits per heavy atom. The van der Waals surface area contributed by atoms with Gasteiger partial charge in [-0.15, -0.1) is 0 Å². The van der Waals surface area contributed by atoms with Crippen molar-refractivity contribution in [2.24, 2.45) is 0 Å². The molecule has 0 bridgehead atoms. The van der Waals surface area contributed by atoms with Crippen LogP contribution in [0.2, 0.25) is 0 Å². The predicted molar refractivity (Wildman–Crippen MR) is 120 cm³/mol. The molecule has 0 aliphatic carbocycles. The first kappa shape index (κ1) is 24.5. The molecule has 176 valence electrons. The van der Waals surface area contributed by atoms with Crippen LogP contribution in [0.3, 0.4) is 0 Å². The molecule has 9 heteroatoms. The number of hydrogen-bond donors (Lipinski definition) is 2. The van der Waals surface area contributed by atoms with Crippen molar-refractivity contribution < 1.29 is 23.1 Å². The highest BCUT2D eigenvalue weighted by Gasteiger charge is 2.38. The highest BCUT2D eigenvalue weighted by molar-refractivity contribution is 5.73. The summed E-state index contributed by atoms with van der Waals surface area (Å²) in [7, 11) is 0. The highest BCUT2D eigenvalue weighted by Crippen LogP contribution is 2.24. The van der Waals surface area contributed by atoms with Gasteiger partial charge in [-0.1, -0.05) is 60.7 Å². The van der Waals surface area contributed by atoms with Crippen molar-refractivity contribution in [1.82, 2.24) is 20.0 Å². The van der Waals surface area contributed by atoms with Gasteiger partial charge in [-0.2, -0.15) is 18.3 Å². The third-order valence-electron chi connectivity index (χ3n) is 5.14. The number of alkyl halides is 3. The molecular formula is C24H27F3N4O2. The van der Waals surface area contributed by atoms with Crippen LogP contribution in [0.15, 0.2) is 66.9 Å². The van der Waals surface area contributed by atoms with Crippen LogP contribution in [-0.4, -0.2) is 58.1 Å². The van der Waals surface area contributed by atoms with E-state index in [1.165, 1.54) is 23.1 Å². The van der Waals surface area contributed by atoms with Gasteiger partial charge in [0.2, 0.25) is 0 Å². The largest absolute Gasteiger partial charge is 0.490 e. The van der Waals surface area contributed by atoms with E-state index in [0.717, 1.165) is 45.0 Å². The van der Waals surface area contributed by atoms with Crippen molar-refractivity contribution in [3.63, 3.8) is 0 Å². The lowest BCUT2D eigenvalue weighted by Gasteiger charge is -2.19. The number of rotatable bonds is 5. The second-order valence-corrected chi connectivity index (χ2v) is 7.73. The first-order chi connectivity index (χ1) is 15.8. The van der Waals surface area contributed by atoms with Crippen molar-refractivity contribution in [2.75, 3.05) is 26.2 Å². The van der Waals surface area contributed by atoms with Gasteiger partial charge < -0.3 is 10.4 Å². The Bertz CT molecular complexity index is 1000. The molecule has 2 aromatic carbocycles. The number of carboxylic acids is 1. The molecule has 1 aromatic heterocycles. The summed E-state index contributed by atoms with van der Waals surface area (Å²) in [6.45, 7) is 6.19. The van der Waals surface area contributed by atoms with Crippen LogP contribution >= 0.6 is 0 Å². The van der Waals surface area contributed by atoms with Crippen LogP contribution in [0.25, 0.3) is 11.3 Å². The topological polar surface area (TPSA) is 70.4 Å². The summed E-state index contributed by atoms with van der Waals surface area (Å²) in [5.74, 6) is -2.76. The van der Waals surface area contributed by atoms with Gasteiger partial charge >= 0.3 is 12.1 Å². The van der Waals surface area contributed by atoms with Crippen molar-refractivity contribution in [1.29, 1.82) is 0 Å². The van der Waals surface area contributed by atoms with Gasteiger partial charge in [-0.3, -0.25) is 9.58 Å². The number of aliphatic carboxylic acids is 1. The molecule has 2 N–H and O–H groups in total. The Hall–Kier alpha value is -3.17. The van der Waals surface area contributed by atoms with Crippen molar-refractivity contribution in [3.8, 4) is 11.3 Å². The number of benzene rings is 2. The van der Waals surface area contributed by atoms with E-state index < -0.39 is 12.1 Å². The van der Waals surface area contributed by atoms with Crippen molar-refractivity contribution in [3.05, 3.63) is 78.0 Å². The maximum absolute atomic E-state index is 10.6. The first-order valence-electron chi connectivity index (χ1n) is 10.7. The fourth-order valence-corrected chi connectivity index (χ4v) is 3.57. The number of nitrogens with zero attached hydrogens (tertiary/aromatic N) is 3. The molecule has 0 spiro atoms. The number of aromatic nitrogens is 2. The molecule has 1 aliphatic rings. The minimum atomic E-state index is -5.08. The molecule has 1 fully saturated rings. The molecule has 1 saturated heterocycles. The second-order valence-electron chi connectivity index (χ2n) is 7.73. The molecule has 0 saturated carbocycles. The average molecular weight is 461 g/mol. The fraction of sp³-hybridized carbons (Fsp3) is 0.333. The molecule has 0 atom stereocenters. The van der Waals surface area contributed by atoms with E-state index >= 15 is 0 Å². The molecule has 6 nitrogen and oxygen atoms in total. The van der Waals surface area contributed by atoms with Crippen LogP contribution in [-0.2, 0) is 17.9 Å². The van der Waals surface area contributed by atoms with Gasteiger partial charge in [0.15, 0.2) is 0 Å². The van der Waals surface area contributed by atoms with Crippen LogP contribution < -0.4 is 5.32 Å². The van der Waals surface area contributed by atoms with E-state index in [4.69, 9.17) is 15.0 Å². The quantitative estimate of drug-likeness (QED) is 0.602. The zero-order chi connectivity index (χ0) is 23.7. The number of hydrogen-bond acceptors (Lipinski definition) is 4. The minimum Gasteiger partial charge on any atom is -0.475 e. The maximum atomic E-state index is 10.6. The lowest BCUT2D eigenvalue weighted by molar-refractivity contribution is -0.192. The van der Waals surface area contributed by atoms with Gasteiger partial charge in [-0.05, 0) is 25.1 Å². The number of halogens is 3. The Labute approximate surface area is 190 Å². The Balaban J connectivity index is 0.000000383. The molecule has 33 heavy (non-hydrogen) atoms. The normalized spacial score (nSPS) is 14.8. The lowest BCUT2D eigenvalue weighted by atomic mass is 10.1. The third-order valence-corrected chi connectivity index (χ3v) is 5.14. The Morgan fingerprint density at radius 2 is 1.61 bits per heavy atom. The van der Waals surface area contributed by atoms with Crippen molar-refractivity contribution in [2.45, 2.75) is 25.7 Å². The lowest BCUT2D eigenvalue weighted by Crippen LogP contribution is -2.27. The van der Waals surface area contributed by atoms with Crippen LogP contribution in [0.1, 0.15) is 17.5 Å². The molecule has 3 aromatic rings. The van der Waals surface area contributed by atoms with Crippen molar-refractivity contribution >= 4 is 5.97 Å².